The van der Waals surface area contributed by atoms with E-state index in [2.05, 4.69) is 22.1 Å². The number of benzene rings is 1. The van der Waals surface area contributed by atoms with Crippen molar-refractivity contribution in [2.24, 2.45) is 0 Å². The number of aromatic nitrogens is 2. The number of rotatable bonds is 5. The van der Waals surface area contributed by atoms with Crippen LogP contribution in [0.25, 0.3) is 0 Å². The highest BCUT2D eigenvalue weighted by atomic mass is 32.2. The number of hydrogen-bond acceptors (Lipinski definition) is 5. The Labute approximate surface area is 107 Å². The molecule has 1 heterocycles. The lowest BCUT2D eigenvalue weighted by Gasteiger charge is -2.00. The molecule has 0 fully saturated rings. The number of nitrogens with zero attached hydrogens (tertiary/aromatic N) is 2. The monoisotopic (exact) mass is 267 g/mol. The topological polar surface area (TPSA) is 37.8 Å². The van der Waals surface area contributed by atoms with E-state index in [1.54, 1.807) is 23.9 Å². The quantitative estimate of drug-likeness (QED) is 0.662. The first-order chi connectivity index (χ1) is 8.28. The zero-order valence-corrected chi connectivity index (χ0v) is 10.5. The molecule has 88 valence electrons. The minimum absolute atomic E-state index is 0.277. The van der Waals surface area contributed by atoms with Crippen LogP contribution >= 0.6 is 23.1 Å². The third-order valence-corrected chi connectivity index (χ3v) is 3.77. The molecule has 6 heteroatoms. The average Bonchev–Trinajstić information content (AvgIpc) is 2.74. The number of hydrogen-bond donors (Lipinski definition) is 1. The fourth-order valence-electron chi connectivity index (χ4n) is 1.14. The van der Waals surface area contributed by atoms with Crippen molar-refractivity contribution in [2.75, 3.05) is 11.1 Å². The van der Waals surface area contributed by atoms with Crippen LogP contribution in [0.1, 0.15) is 0 Å². The summed E-state index contributed by atoms with van der Waals surface area (Å²) in [5.41, 5.74) is 0.668. The largest absolute Gasteiger partial charge is 0.330 e. The molecule has 0 atom stereocenters. The third-order valence-electron chi connectivity index (χ3n) is 1.81. The lowest BCUT2D eigenvalue weighted by molar-refractivity contribution is 0.628. The molecular formula is C11H10FN3S2. The smallest absolute Gasteiger partial charge is 0.210 e. The molecule has 1 aromatic heterocycles. The van der Waals surface area contributed by atoms with Crippen molar-refractivity contribution in [3.05, 3.63) is 42.7 Å². The maximum Gasteiger partial charge on any atom is 0.210 e. The highest BCUT2D eigenvalue weighted by molar-refractivity contribution is 8.01. The minimum atomic E-state index is -0.277. The fourth-order valence-corrected chi connectivity index (χ4v) is 2.67. The molecule has 17 heavy (non-hydrogen) atoms. The van der Waals surface area contributed by atoms with Gasteiger partial charge in [-0.05, 0) is 18.2 Å². The number of thioether (sulfide) groups is 1. The molecule has 0 aliphatic heterocycles. The second kappa shape index (κ2) is 5.79. The van der Waals surface area contributed by atoms with Gasteiger partial charge in [0.25, 0.3) is 0 Å². The van der Waals surface area contributed by atoms with Gasteiger partial charge >= 0.3 is 0 Å². The van der Waals surface area contributed by atoms with Gasteiger partial charge in [-0.3, -0.25) is 0 Å². The highest BCUT2D eigenvalue weighted by Crippen LogP contribution is 2.27. The van der Waals surface area contributed by atoms with E-state index in [0.717, 1.165) is 10.1 Å². The summed E-state index contributed by atoms with van der Waals surface area (Å²) >= 11 is 3.00. The van der Waals surface area contributed by atoms with Gasteiger partial charge in [-0.1, -0.05) is 35.2 Å². The summed E-state index contributed by atoms with van der Waals surface area (Å²) in [4.78, 5) is 0. The van der Waals surface area contributed by atoms with Crippen LogP contribution in [0.5, 0.6) is 0 Å². The molecule has 0 unspecified atom stereocenters. The Morgan fingerprint density at radius 2 is 2.35 bits per heavy atom. The van der Waals surface area contributed by atoms with Gasteiger partial charge in [0.15, 0.2) is 4.34 Å². The summed E-state index contributed by atoms with van der Waals surface area (Å²) in [5.74, 6) is 0.523. The van der Waals surface area contributed by atoms with Gasteiger partial charge in [-0.15, -0.1) is 16.8 Å². The number of nitrogens with one attached hydrogen (secondary N) is 1. The van der Waals surface area contributed by atoms with Crippen LogP contribution in [0.3, 0.4) is 0 Å². The van der Waals surface area contributed by atoms with Crippen molar-refractivity contribution in [1.82, 2.24) is 10.2 Å². The Balaban J connectivity index is 2.03. The van der Waals surface area contributed by atoms with Crippen molar-refractivity contribution >= 4 is 33.9 Å². The first-order valence-corrected chi connectivity index (χ1v) is 6.68. The molecule has 3 nitrogen and oxygen atoms in total. The minimum Gasteiger partial charge on any atom is -0.330 e. The van der Waals surface area contributed by atoms with Crippen molar-refractivity contribution < 1.29 is 4.39 Å². The molecule has 0 aliphatic carbocycles. The van der Waals surface area contributed by atoms with E-state index in [1.807, 2.05) is 6.08 Å². The second-order valence-electron chi connectivity index (χ2n) is 3.11. The van der Waals surface area contributed by atoms with Gasteiger partial charge in [0.1, 0.15) is 5.82 Å². The molecule has 1 N–H and O–H groups in total. The summed E-state index contributed by atoms with van der Waals surface area (Å²) in [6.07, 6.45) is 1.81. The van der Waals surface area contributed by atoms with E-state index in [1.165, 1.54) is 23.5 Å². The van der Waals surface area contributed by atoms with Crippen LogP contribution in [-0.4, -0.2) is 16.0 Å². The zero-order chi connectivity index (χ0) is 12.1. The first-order valence-electron chi connectivity index (χ1n) is 4.88. The van der Waals surface area contributed by atoms with Gasteiger partial charge in [0.2, 0.25) is 5.13 Å². The molecule has 2 rings (SSSR count). The normalized spacial score (nSPS) is 10.2. The van der Waals surface area contributed by atoms with Crippen LogP contribution in [-0.2, 0) is 0 Å². The zero-order valence-electron chi connectivity index (χ0n) is 8.89. The molecule has 0 bridgehead atoms. The van der Waals surface area contributed by atoms with Gasteiger partial charge in [0, 0.05) is 11.4 Å². The third kappa shape index (κ3) is 3.54. The SMILES string of the molecule is C=CCSc1nnc(Nc2cccc(F)c2)s1. The molecule has 0 aliphatic rings. The molecule has 0 saturated heterocycles. The standard InChI is InChI=1S/C11H10FN3S2/c1-2-6-16-11-15-14-10(17-11)13-9-5-3-4-8(12)7-9/h2-5,7H,1,6H2,(H,13,14). The van der Waals surface area contributed by atoms with E-state index in [4.69, 9.17) is 0 Å². The molecule has 0 amide bonds. The molecule has 1 aromatic carbocycles. The van der Waals surface area contributed by atoms with E-state index in [9.17, 15) is 4.39 Å². The predicted octanol–water partition coefficient (Wildman–Crippen LogP) is 3.70. The first kappa shape index (κ1) is 12.1. The molecular weight excluding hydrogens is 257 g/mol. The van der Waals surface area contributed by atoms with Crippen molar-refractivity contribution in [3.8, 4) is 0 Å². The summed E-state index contributed by atoms with van der Waals surface area (Å²) in [6.45, 7) is 3.64. The summed E-state index contributed by atoms with van der Waals surface area (Å²) in [7, 11) is 0. The van der Waals surface area contributed by atoms with Crippen molar-refractivity contribution in [1.29, 1.82) is 0 Å². The molecule has 0 saturated carbocycles. The lowest BCUT2D eigenvalue weighted by Crippen LogP contribution is -1.89. The van der Waals surface area contributed by atoms with E-state index >= 15 is 0 Å². The Hall–Kier alpha value is -1.40. The lowest BCUT2D eigenvalue weighted by atomic mass is 10.3. The van der Waals surface area contributed by atoms with Crippen LogP contribution in [0, 0.1) is 5.82 Å². The van der Waals surface area contributed by atoms with Gasteiger partial charge in [-0.2, -0.15) is 0 Å². The maximum absolute atomic E-state index is 13.0. The Bertz CT molecular complexity index is 513. The van der Waals surface area contributed by atoms with Gasteiger partial charge in [0.05, 0.1) is 0 Å². The van der Waals surface area contributed by atoms with Crippen LogP contribution in [0.2, 0.25) is 0 Å². The summed E-state index contributed by atoms with van der Waals surface area (Å²) in [5, 5.41) is 11.6. The van der Waals surface area contributed by atoms with Gasteiger partial charge < -0.3 is 5.32 Å². The Morgan fingerprint density at radius 3 is 3.12 bits per heavy atom. The van der Waals surface area contributed by atoms with Crippen LogP contribution < -0.4 is 5.32 Å². The summed E-state index contributed by atoms with van der Waals surface area (Å²) < 4.78 is 13.8. The molecule has 0 spiro atoms. The number of halogens is 1. The van der Waals surface area contributed by atoms with E-state index in [0.29, 0.717) is 10.8 Å². The molecule has 2 aromatic rings. The van der Waals surface area contributed by atoms with Crippen molar-refractivity contribution in [3.63, 3.8) is 0 Å². The Kier molecular flexibility index (Phi) is 4.11. The van der Waals surface area contributed by atoms with Crippen molar-refractivity contribution in [2.45, 2.75) is 4.34 Å². The van der Waals surface area contributed by atoms with Gasteiger partial charge in [-0.25, -0.2) is 4.39 Å². The van der Waals surface area contributed by atoms with Crippen LogP contribution in [0.15, 0.2) is 41.3 Å². The number of anilines is 2. The van der Waals surface area contributed by atoms with Crippen LogP contribution in [0.4, 0.5) is 15.2 Å². The predicted molar refractivity (Wildman–Crippen MR) is 70.5 cm³/mol. The fraction of sp³-hybridized carbons (Fsp3) is 0.0909. The highest BCUT2D eigenvalue weighted by Gasteiger charge is 2.04. The average molecular weight is 267 g/mol. The molecule has 0 radical (unpaired) electrons. The maximum atomic E-state index is 13.0. The van der Waals surface area contributed by atoms with E-state index in [-0.39, 0.29) is 5.82 Å². The van der Waals surface area contributed by atoms with E-state index < -0.39 is 0 Å². The second-order valence-corrected chi connectivity index (χ2v) is 5.35. The Morgan fingerprint density at radius 1 is 1.47 bits per heavy atom. The summed E-state index contributed by atoms with van der Waals surface area (Å²) in [6, 6.07) is 6.24.